The number of halogens is 1. The van der Waals surface area contributed by atoms with E-state index in [2.05, 4.69) is 10.2 Å². The standard InChI is InChI=1S/C13H25N3O2S.ClH/c17-19(18,10-4-12-1-2-12)16-7-3-13(11-16)15-8-5-14-6-9-15;/h12-14H,1-11H2;1H. The normalized spacial score (nSPS) is 29.3. The summed E-state index contributed by atoms with van der Waals surface area (Å²) in [6.45, 7) is 5.62. The van der Waals surface area contributed by atoms with E-state index < -0.39 is 10.0 Å². The van der Waals surface area contributed by atoms with E-state index in [1.807, 2.05) is 0 Å². The van der Waals surface area contributed by atoms with Crippen molar-refractivity contribution in [3.63, 3.8) is 0 Å². The summed E-state index contributed by atoms with van der Waals surface area (Å²) in [7, 11) is -3.00. The first-order chi connectivity index (χ1) is 9.15. The molecule has 0 aromatic heterocycles. The zero-order valence-electron chi connectivity index (χ0n) is 12.0. The fraction of sp³-hybridized carbons (Fsp3) is 1.00. The second kappa shape index (κ2) is 6.92. The van der Waals surface area contributed by atoms with Crippen molar-refractivity contribution in [2.45, 2.75) is 31.7 Å². The van der Waals surface area contributed by atoms with E-state index in [0.717, 1.165) is 45.6 Å². The molecule has 118 valence electrons. The monoisotopic (exact) mass is 323 g/mol. The molecule has 1 unspecified atom stereocenters. The highest BCUT2D eigenvalue weighted by atomic mass is 35.5. The Hall–Kier alpha value is 0.120. The van der Waals surface area contributed by atoms with Crippen molar-refractivity contribution in [2.75, 3.05) is 45.0 Å². The molecule has 1 saturated carbocycles. The predicted octanol–water partition coefficient (Wildman–Crippen LogP) is 0.518. The van der Waals surface area contributed by atoms with Crippen LogP contribution < -0.4 is 5.32 Å². The summed E-state index contributed by atoms with van der Waals surface area (Å²) in [6, 6.07) is 0.442. The van der Waals surface area contributed by atoms with Crippen LogP contribution in [0.2, 0.25) is 0 Å². The molecule has 3 fully saturated rings. The summed E-state index contributed by atoms with van der Waals surface area (Å²) in [4.78, 5) is 2.45. The molecule has 5 nitrogen and oxygen atoms in total. The third-order valence-electron chi connectivity index (χ3n) is 4.67. The lowest BCUT2D eigenvalue weighted by Crippen LogP contribution is -2.49. The molecule has 20 heavy (non-hydrogen) atoms. The van der Waals surface area contributed by atoms with Gasteiger partial charge in [-0.25, -0.2) is 12.7 Å². The number of piperazine rings is 1. The van der Waals surface area contributed by atoms with Crippen LogP contribution in [-0.2, 0) is 10.0 Å². The molecule has 2 aliphatic heterocycles. The lowest BCUT2D eigenvalue weighted by atomic mass is 10.2. The minimum Gasteiger partial charge on any atom is -0.314 e. The molecule has 3 aliphatic rings. The summed E-state index contributed by atoms with van der Waals surface area (Å²) < 4.78 is 26.3. The fourth-order valence-electron chi connectivity index (χ4n) is 3.16. The highest BCUT2D eigenvalue weighted by molar-refractivity contribution is 7.89. The predicted molar refractivity (Wildman–Crippen MR) is 82.8 cm³/mol. The fourth-order valence-corrected chi connectivity index (χ4v) is 4.83. The molecule has 0 bridgehead atoms. The van der Waals surface area contributed by atoms with Crippen LogP contribution >= 0.6 is 12.4 Å². The molecule has 0 aromatic carbocycles. The van der Waals surface area contributed by atoms with Gasteiger partial charge in [0, 0.05) is 45.3 Å². The van der Waals surface area contributed by atoms with Crippen LogP contribution in [0.1, 0.15) is 25.7 Å². The first-order valence-electron chi connectivity index (χ1n) is 7.58. The first-order valence-corrected chi connectivity index (χ1v) is 9.19. The van der Waals surface area contributed by atoms with Crippen molar-refractivity contribution < 1.29 is 8.42 Å². The zero-order valence-corrected chi connectivity index (χ0v) is 13.6. The minimum atomic E-state index is -3.00. The maximum atomic E-state index is 12.3. The van der Waals surface area contributed by atoms with Gasteiger partial charge in [-0.15, -0.1) is 12.4 Å². The number of nitrogens with zero attached hydrogens (tertiary/aromatic N) is 2. The van der Waals surface area contributed by atoms with Gasteiger partial charge in [0.1, 0.15) is 0 Å². The molecule has 0 spiro atoms. The lowest BCUT2D eigenvalue weighted by Gasteiger charge is -2.32. The zero-order chi connectivity index (χ0) is 13.3. The van der Waals surface area contributed by atoms with Crippen molar-refractivity contribution in [2.24, 2.45) is 5.92 Å². The highest BCUT2D eigenvalue weighted by Gasteiger charge is 2.35. The maximum absolute atomic E-state index is 12.3. The Kier molecular flexibility index (Phi) is 5.71. The quantitative estimate of drug-likeness (QED) is 0.801. The van der Waals surface area contributed by atoms with Crippen LogP contribution in [0.5, 0.6) is 0 Å². The smallest absolute Gasteiger partial charge is 0.214 e. The van der Waals surface area contributed by atoms with E-state index in [1.165, 1.54) is 12.8 Å². The van der Waals surface area contributed by atoms with Crippen LogP contribution in [0.25, 0.3) is 0 Å². The molecule has 0 amide bonds. The van der Waals surface area contributed by atoms with Crippen LogP contribution in [-0.4, -0.2) is 68.7 Å². The number of rotatable bonds is 5. The molecule has 0 aromatic rings. The van der Waals surface area contributed by atoms with Gasteiger partial charge in [-0.2, -0.15) is 0 Å². The summed E-state index contributed by atoms with van der Waals surface area (Å²) in [5, 5.41) is 3.35. The molecule has 1 N–H and O–H groups in total. The van der Waals surface area contributed by atoms with Crippen molar-refractivity contribution in [3.8, 4) is 0 Å². The second-order valence-corrected chi connectivity index (χ2v) is 8.22. The van der Waals surface area contributed by atoms with Gasteiger partial charge in [0.25, 0.3) is 0 Å². The van der Waals surface area contributed by atoms with Gasteiger partial charge < -0.3 is 5.32 Å². The maximum Gasteiger partial charge on any atom is 0.214 e. The molecule has 0 radical (unpaired) electrons. The Morgan fingerprint density at radius 1 is 1.05 bits per heavy atom. The van der Waals surface area contributed by atoms with Gasteiger partial charge in [-0.1, -0.05) is 12.8 Å². The van der Waals surface area contributed by atoms with Crippen molar-refractivity contribution in [1.82, 2.24) is 14.5 Å². The molecule has 2 heterocycles. The van der Waals surface area contributed by atoms with E-state index in [4.69, 9.17) is 0 Å². The summed E-state index contributed by atoms with van der Waals surface area (Å²) in [6.07, 6.45) is 4.34. The average Bonchev–Trinajstić information content (AvgIpc) is 3.11. The molecule has 3 rings (SSSR count). The average molecular weight is 324 g/mol. The van der Waals surface area contributed by atoms with Crippen LogP contribution in [0.4, 0.5) is 0 Å². The van der Waals surface area contributed by atoms with E-state index in [-0.39, 0.29) is 12.4 Å². The number of nitrogens with one attached hydrogen (secondary N) is 1. The number of hydrogen-bond acceptors (Lipinski definition) is 4. The molecular weight excluding hydrogens is 298 g/mol. The Balaban J connectivity index is 0.00000147. The van der Waals surface area contributed by atoms with E-state index in [0.29, 0.717) is 24.3 Å². The molecular formula is C13H26ClN3O2S. The first kappa shape index (κ1) is 16.5. The molecule has 7 heteroatoms. The van der Waals surface area contributed by atoms with Crippen molar-refractivity contribution in [3.05, 3.63) is 0 Å². The number of sulfonamides is 1. The summed E-state index contributed by atoms with van der Waals surface area (Å²) in [5.41, 5.74) is 0. The second-order valence-electron chi connectivity index (χ2n) is 6.13. The molecule has 1 atom stereocenters. The minimum absolute atomic E-state index is 0. The number of hydrogen-bond donors (Lipinski definition) is 1. The van der Waals surface area contributed by atoms with Gasteiger partial charge in [-0.05, 0) is 18.8 Å². The van der Waals surface area contributed by atoms with Gasteiger partial charge in [0.05, 0.1) is 5.75 Å². The van der Waals surface area contributed by atoms with Gasteiger partial charge in [0.15, 0.2) is 0 Å². The van der Waals surface area contributed by atoms with Crippen molar-refractivity contribution in [1.29, 1.82) is 0 Å². The third-order valence-corrected chi connectivity index (χ3v) is 6.54. The van der Waals surface area contributed by atoms with Crippen LogP contribution in [0.3, 0.4) is 0 Å². The lowest BCUT2D eigenvalue weighted by molar-refractivity contribution is 0.179. The van der Waals surface area contributed by atoms with E-state index >= 15 is 0 Å². The topological polar surface area (TPSA) is 52.7 Å². The molecule has 2 saturated heterocycles. The summed E-state index contributed by atoms with van der Waals surface area (Å²) >= 11 is 0. The Morgan fingerprint density at radius 3 is 2.40 bits per heavy atom. The summed E-state index contributed by atoms with van der Waals surface area (Å²) in [5.74, 6) is 1.06. The van der Waals surface area contributed by atoms with Gasteiger partial charge >= 0.3 is 0 Å². The Bertz CT molecular complexity index is 408. The third kappa shape index (κ3) is 4.07. The van der Waals surface area contributed by atoms with Crippen molar-refractivity contribution >= 4 is 22.4 Å². The van der Waals surface area contributed by atoms with Gasteiger partial charge in [0.2, 0.25) is 10.0 Å². The SMILES string of the molecule is Cl.O=S(=O)(CCC1CC1)N1CCC(N2CCNCC2)C1. The van der Waals surface area contributed by atoms with E-state index in [9.17, 15) is 8.42 Å². The molecule has 1 aliphatic carbocycles. The van der Waals surface area contributed by atoms with E-state index in [1.54, 1.807) is 4.31 Å². The van der Waals surface area contributed by atoms with Crippen LogP contribution in [0.15, 0.2) is 0 Å². The largest absolute Gasteiger partial charge is 0.314 e. The van der Waals surface area contributed by atoms with Crippen LogP contribution in [0, 0.1) is 5.92 Å². The highest BCUT2D eigenvalue weighted by Crippen LogP contribution is 2.33. The Morgan fingerprint density at radius 2 is 1.75 bits per heavy atom. The van der Waals surface area contributed by atoms with Gasteiger partial charge in [-0.3, -0.25) is 4.90 Å². The Labute approximate surface area is 128 Å².